The molecule has 0 saturated heterocycles. The van der Waals surface area contributed by atoms with Gasteiger partial charge in [0.25, 0.3) is 5.91 Å². The number of nitrogens with one attached hydrogen (secondary N) is 2. The zero-order chi connectivity index (χ0) is 17.5. The summed E-state index contributed by atoms with van der Waals surface area (Å²) >= 11 is 0. The SMILES string of the molecule is CN(C)c1cccc(C(=O)NNC(=O)CCOCC(F)(F)F)c1. The van der Waals surface area contributed by atoms with Gasteiger partial charge >= 0.3 is 6.18 Å². The van der Waals surface area contributed by atoms with E-state index in [2.05, 4.69) is 15.6 Å². The number of alkyl halides is 3. The third kappa shape index (κ3) is 7.50. The Balaban J connectivity index is 2.35. The maximum Gasteiger partial charge on any atom is 0.411 e. The van der Waals surface area contributed by atoms with Crippen LogP contribution in [0.3, 0.4) is 0 Å². The number of carbonyl (C=O) groups is 2. The second-order valence-corrected chi connectivity index (χ2v) is 4.86. The van der Waals surface area contributed by atoms with Crippen molar-refractivity contribution in [1.29, 1.82) is 0 Å². The topological polar surface area (TPSA) is 70.7 Å². The van der Waals surface area contributed by atoms with E-state index in [0.29, 0.717) is 5.56 Å². The van der Waals surface area contributed by atoms with Gasteiger partial charge in [-0.15, -0.1) is 0 Å². The lowest BCUT2D eigenvalue weighted by Gasteiger charge is -2.13. The Bertz CT molecular complexity index is 548. The molecule has 23 heavy (non-hydrogen) atoms. The van der Waals surface area contributed by atoms with Gasteiger partial charge < -0.3 is 9.64 Å². The Kier molecular flexibility index (Phi) is 6.83. The first-order valence-electron chi connectivity index (χ1n) is 6.70. The molecule has 1 rings (SSSR count). The quantitative estimate of drug-likeness (QED) is 0.611. The molecule has 0 radical (unpaired) electrons. The number of benzene rings is 1. The Morgan fingerprint density at radius 3 is 2.52 bits per heavy atom. The molecule has 128 valence electrons. The number of rotatable bonds is 6. The van der Waals surface area contributed by atoms with Gasteiger partial charge in [-0.1, -0.05) is 6.07 Å². The molecule has 0 aliphatic carbocycles. The minimum atomic E-state index is -4.43. The van der Waals surface area contributed by atoms with Crippen molar-refractivity contribution in [2.75, 3.05) is 32.2 Å². The molecular formula is C14H18F3N3O3. The van der Waals surface area contributed by atoms with Gasteiger partial charge in [0, 0.05) is 25.3 Å². The lowest BCUT2D eigenvalue weighted by Crippen LogP contribution is -2.42. The molecular weight excluding hydrogens is 315 g/mol. The summed E-state index contributed by atoms with van der Waals surface area (Å²) in [6, 6.07) is 6.71. The molecule has 0 aliphatic heterocycles. The van der Waals surface area contributed by atoms with Gasteiger partial charge in [0.2, 0.25) is 5.91 Å². The average Bonchev–Trinajstić information content (AvgIpc) is 2.48. The van der Waals surface area contributed by atoms with Crippen LogP contribution < -0.4 is 15.8 Å². The molecule has 0 spiro atoms. The van der Waals surface area contributed by atoms with Gasteiger partial charge in [0.1, 0.15) is 6.61 Å². The third-order valence-corrected chi connectivity index (χ3v) is 2.68. The van der Waals surface area contributed by atoms with Crippen LogP contribution in [0.5, 0.6) is 0 Å². The van der Waals surface area contributed by atoms with Crippen LogP contribution in [-0.2, 0) is 9.53 Å². The summed E-state index contributed by atoms with van der Waals surface area (Å²) in [5, 5.41) is 0. The van der Waals surface area contributed by atoms with Crippen molar-refractivity contribution in [3.8, 4) is 0 Å². The van der Waals surface area contributed by atoms with Crippen LogP contribution in [0.25, 0.3) is 0 Å². The summed E-state index contributed by atoms with van der Waals surface area (Å²) in [5.41, 5.74) is 5.45. The van der Waals surface area contributed by atoms with E-state index in [1.807, 2.05) is 25.1 Å². The highest BCUT2D eigenvalue weighted by Gasteiger charge is 2.27. The second kappa shape index (κ2) is 8.37. The first kappa shape index (κ1) is 18.8. The number of nitrogens with zero attached hydrogens (tertiary/aromatic N) is 1. The van der Waals surface area contributed by atoms with E-state index in [1.54, 1.807) is 18.2 Å². The zero-order valence-corrected chi connectivity index (χ0v) is 12.7. The summed E-state index contributed by atoms with van der Waals surface area (Å²) in [6.07, 6.45) is -4.73. The lowest BCUT2D eigenvalue weighted by atomic mass is 10.2. The van der Waals surface area contributed by atoms with E-state index >= 15 is 0 Å². The molecule has 2 amide bonds. The number of hydrogen-bond donors (Lipinski definition) is 2. The standard InChI is InChI=1S/C14H18F3N3O3/c1-20(2)11-5-3-4-10(8-11)13(22)19-18-12(21)6-7-23-9-14(15,16)17/h3-5,8H,6-7,9H2,1-2H3,(H,18,21)(H,19,22). The Hall–Kier alpha value is -2.29. The molecule has 2 N–H and O–H groups in total. The van der Waals surface area contributed by atoms with Crippen LogP contribution >= 0.6 is 0 Å². The van der Waals surface area contributed by atoms with Crippen LogP contribution in [0.4, 0.5) is 18.9 Å². The number of anilines is 1. The molecule has 1 aromatic rings. The predicted octanol–water partition coefficient (Wildman–Crippen LogP) is 1.48. The highest BCUT2D eigenvalue weighted by atomic mass is 19.4. The molecule has 0 atom stereocenters. The number of halogens is 3. The number of hydrazine groups is 1. The first-order chi connectivity index (χ1) is 10.7. The van der Waals surface area contributed by atoms with Crippen molar-refractivity contribution in [1.82, 2.24) is 10.9 Å². The summed E-state index contributed by atoms with van der Waals surface area (Å²) in [5.74, 6) is -1.18. The number of ether oxygens (including phenoxy) is 1. The third-order valence-electron chi connectivity index (χ3n) is 2.68. The highest BCUT2D eigenvalue weighted by molar-refractivity contribution is 5.96. The maximum atomic E-state index is 11.9. The normalized spacial score (nSPS) is 11.0. The molecule has 0 aromatic heterocycles. The van der Waals surface area contributed by atoms with Gasteiger partial charge in [-0.3, -0.25) is 20.4 Å². The first-order valence-corrected chi connectivity index (χ1v) is 6.70. The van der Waals surface area contributed by atoms with Crippen molar-refractivity contribution in [3.63, 3.8) is 0 Å². The van der Waals surface area contributed by atoms with Gasteiger partial charge in [-0.25, -0.2) is 0 Å². The van der Waals surface area contributed by atoms with Gasteiger partial charge in [-0.05, 0) is 18.2 Å². The Morgan fingerprint density at radius 1 is 1.22 bits per heavy atom. The molecule has 1 aromatic carbocycles. The van der Waals surface area contributed by atoms with E-state index in [4.69, 9.17) is 0 Å². The number of carbonyl (C=O) groups excluding carboxylic acids is 2. The smallest absolute Gasteiger partial charge is 0.378 e. The fourth-order valence-electron chi connectivity index (χ4n) is 1.54. The van der Waals surface area contributed by atoms with Crippen LogP contribution in [0.15, 0.2) is 24.3 Å². The average molecular weight is 333 g/mol. The molecule has 0 bridgehead atoms. The van der Waals surface area contributed by atoms with E-state index in [9.17, 15) is 22.8 Å². The van der Waals surface area contributed by atoms with E-state index in [-0.39, 0.29) is 6.42 Å². The largest absolute Gasteiger partial charge is 0.411 e. The maximum absolute atomic E-state index is 11.9. The molecule has 6 nitrogen and oxygen atoms in total. The minimum absolute atomic E-state index is 0.298. The van der Waals surface area contributed by atoms with Gasteiger partial charge in [-0.2, -0.15) is 13.2 Å². The lowest BCUT2D eigenvalue weighted by molar-refractivity contribution is -0.174. The Labute approximate surface area is 131 Å². The second-order valence-electron chi connectivity index (χ2n) is 4.86. The molecule has 9 heteroatoms. The van der Waals surface area contributed by atoms with E-state index in [0.717, 1.165) is 5.69 Å². The highest BCUT2D eigenvalue weighted by Crippen LogP contribution is 2.14. The molecule has 0 aliphatic rings. The summed E-state index contributed by atoms with van der Waals surface area (Å²) in [7, 11) is 3.64. The van der Waals surface area contributed by atoms with Crippen molar-refractivity contribution < 1.29 is 27.5 Å². The number of amides is 2. The fraction of sp³-hybridized carbons (Fsp3) is 0.429. The minimum Gasteiger partial charge on any atom is -0.378 e. The molecule has 0 unspecified atom stereocenters. The van der Waals surface area contributed by atoms with E-state index < -0.39 is 31.2 Å². The van der Waals surface area contributed by atoms with Crippen LogP contribution in [0.1, 0.15) is 16.8 Å². The van der Waals surface area contributed by atoms with Crippen molar-refractivity contribution in [2.45, 2.75) is 12.6 Å². The summed E-state index contributed by atoms with van der Waals surface area (Å²) in [4.78, 5) is 25.1. The molecule has 0 fully saturated rings. The van der Waals surface area contributed by atoms with Crippen molar-refractivity contribution >= 4 is 17.5 Å². The molecule has 0 heterocycles. The summed E-state index contributed by atoms with van der Waals surface area (Å²) in [6.45, 7) is -1.80. The number of hydrogen-bond acceptors (Lipinski definition) is 4. The van der Waals surface area contributed by atoms with Crippen molar-refractivity contribution in [3.05, 3.63) is 29.8 Å². The van der Waals surface area contributed by atoms with Crippen LogP contribution in [-0.4, -0.2) is 45.3 Å². The summed E-state index contributed by atoms with van der Waals surface area (Å²) < 4.78 is 39.8. The predicted molar refractivity (Wildman–Crippen MR) is 77.9 cm³/mol. The van der Waals surface area contributed by atoms with Crippen molar-refractivity contribution in [2.24, 2.45) is 0 Å². The van der Waals surface area contributed by atoms with Gasteiger partial charge in [0.15, 0.2) is 0 Å². The monoisotopic (exact) mass is 333 g/mol. The Morgan fingerprint density at radius 2 is 1.91 bits per heavy atom. The zero-order valence-electron chi connectivity index (χ0n) is 12.7. The van der Waals surface area contributed by atoms with Crippen LogP contribution in [0, 0.1) is 0 Å². The van der Waals surface area contributed by atoms with Gasteiger partial charge in [0.05, 0.1) is 13.0 Å². The molecule has 0 saturated carbocycles. The van der Waals surface area contributed by atoms with E-state index in [1.165, 1.54) is 0 Å². The fourth-order valence-corrected chi connectivity index (χ4v) is 1.54. The van der Waals surface area contributed by atoms with Crippen LogP contribution in [0.2, 0.25) is 0 Å².